The predicted octanol–water partition coefficient (Wildman–Crippen LogP) is 2.29. The molecule has 0 bridgehead atoms. The van der Waals surface area contributed by atoms with Crippen LogP contribution in [0.3, 0.4) is 0 Å². The molecule has 0 radical (unpaired) electrons. The van der Waals surface area contributed by atoms with Crippen molar-refractivity contribution in [3.8, 4) is 22.5 Å². The molecule has 2 N–H and O–H groups in total. The highest BCUT2D eigenvalue weighted by atomic mass is 15.4. The van der Waals surface area contributed by atoms with E-state index >= 15 is 0 Å². The van der Waals surface area contributed by atoms with Crippen LogP contribution in [0.1, 0.15) is 0 Å². The summed E-state index contributed by atoms with van der Waals surface area (Å²) in [6.45, 7) is 5.36. The summed E-state index contributed by atoms with van der Waals surface area (Å²) in [5.41, 5.74) is 9.43. The molecule has 6 nitrogen and oxygen atoms in total. The van der Waals surface area contributed by atoms with Crippen molar-refractivity contribution in [2.45, 2.75) is 0 Å². The Hall–Kier alpha value is -2.83. The molecule has 1 aliphatic rings. The molecule has 1 aromatic heterocycles. The van der Waals surface area contributed by atoms with Crippen LogP contribution in [0.15, 0.2) is 60.7 Å². The second-order valence-corrected chi connectivity index (χ2v) is 6.66. The molecule has 0 saturated carbocycles. The quantitative estimate of drug-likeness (QED) is 0.753. The molecule has 138 valence electrons. The number of hydrogen-bond donors (Lipinski definition) is 1. The summed E-state index contributed by atoms with van der Waals surface area (Å²) in [5, 5.41) is 9.03. The lowest BCUT2D eigenvalue weighted by molar-refractivity contribution is 0.263. The van der Waals surface area contributed by atoms with E-state index in [0.717, 1.165) is 55.2 Å². The van der Waals surface area contributed by atoms with Crippen molar-refractivity contribution < 1.29 is 0 Å². The van der Waals surface area contributed by atoms with E-state index in [1.54, 1.807) is 0 Å². The van der Waals surface area contributed by atoms with Gasteiger partial charge in [-0.15, -0.1) is 10.2 Å². The zero-order valence-corrected chi connectivity index (χ0v) is 15.3. The first-order chi connectivity index (χ1) is 13.3. The van der Waals surface area contributed by atoms with Crippen LogP contribution in [-0.2, 0) is 0 Å². The fourth-order valence-electron chi connectivity index (χ4n) is 3.39. The van der Waals surface area contributed by atoms with Crippen molar-refractivity contribution >= 4 is 5.95 Å². The minimum Gasteiger partial charge on any atom is -0.337 e. The van der Waals surface area contributed by atoms with Crippen molar-refractivity contribution in [3.05, 3.63) is 60.7 Å². The van der Waals surface area contributed by atoms with Gasteiger partial charge in [-0.05, 0) is 0 Å². The fraction of sp³-hybridized carbons (Fsp3) is 0.286. The van der Waals surface area contributed by atoms with E-state index in [0.29, 0.717) is 12.5 Å². The van der Waals surface area contributed by atoms with Crippen LogP contribution in [0, 0.1) is 0 Å². The molecule has 3 aromatic rings. The van der Waals surface area contributed by atoms with Gasteiger partial charge in [0.2, 0.25) is 5.95 Å². The molecule has 27 heavy (non-hydrogen) atoms. The second kappa shape index (κ2) is 8.24. The molecular formula is C21H24N6. The summed E-state index contributed by atoms with van der Waals surface area (Å²) in [5.74, 6) is 0.695. The molecule has 0 aliphatic carbocycles. The highest BCUT2D eigenvalue weighted by Gasteiger charge is 2.21. The van der Waals surface area contributed by atoms with Gasteiger partial charge in [0.05, 0.1) is 0 Å². The van der Waals surface area contributed by atoms with Gasteiger partial charge in [0, 0.05) is 50.4 Å². The van der Waals surface area contributed by atoms with Crippen LogP contribution in [-0.4, -0.2) is 59.3 Å². The van der Waals surface area contributed by atoms with Gasteiger partial charge in [-0.1, -0.05) is 60.7 Å². The maximum Gasteiger partial charge on any atom is 0.246 e. The Balaban J connectivity index is 1.68. The minimum atomic E-state index is 0.695. The minimum absolute atomic E-state index is 0.695. The Labute approximate surface area is 159 Å². The lowest BCUT2D eigenvalue weighted by atomic mass is 10.0. The summed E-state index contributed by atoms with van der Waals surface area (Å²) in [4.78, 5) is 9.51. The van der Waals surface area contributed by atoms with Gasteiger partial charge in [-0.2, -0.15) is 0 Å². The van der Waals surface area contributed by atoms with Gasteiger partial charge >= 0.3 is 0 Å². The highest BCUT2D eigenvalue weighted by Crippen LogP contribution is 2.29. The molecule has 2 heterocycles. The normalized spacial score (nSPS) is 15.1. The molecule has 0 amide bonds. The molecule has 4 rings (SSSR count). The molecule has 0 atom stereocenters. The van der Waals surface area contributed by atoms with Gasteiger partial charge in [-0.3, -0.25) is 4.90 Å². The van der Waals surface area contributed by atoms with E-state index in [4.69, 9.17) is 10.7 Å². The lowest BCUT2D eigenvalue weighted by Gasteiger charge is -2.34. The second-order valence-electron chi connectivity index (χ2n) is 6.66. The van der Waals surface area contributed by atoms with Crippen LogP contribution in [0.4, 0.5) is 5.95 Å². The molecule has 2 aromatic carbocycles. The maximum atomic E-state index is 5.67. The van der Waals surface area contributed by atoms with Gasteiger partial charge in [0.15, 0.2) is 0 Å². The van der Waals surface area contributed by atoms with Crippen LogP contribution in [0.2, 0.25) is 0 Å². The third-order valence-electron chi connectivity index (χ3n) is 4.87. The molecule has 0 unspecified atom stereocenters. The van der Waals surface area contributed by atoms with Crippen molar-refractivity contribution in [2.75, 3.05) is 44.2 Å². The average Bonchev–Trinajstić information content (AvgIpc) is 2.75. The summed E-state index contributed by atoms with van der Waals surface area (Å²) in [6, 6.07) is 20.3. The van der Waals surface area contributed by atoms with E-state index in [-0.39, 0.29) is 0 Å². The first-order valence-corrected chi connectivity index (χ1v) is 9.38. The third kappa shape index (κ3) is 3.97. The number of anilines is 1. The van der Waals surface area contributed by atoms with Crippen molar-refractivity contribution in [3.63, 3.8) is 0 Å². The molecule has 6 heteroatoms. The maximum absolute atomic E-state index is 5.67. The Kier molecular flexibility index (Phi) is 5.37. The highest BCUT2D eigenvalue weighted by molar-refractivity contribution is 5.78. The molecule has 1 fully saturated rings. The van der Waals surface area contributed by atoms with Gasteiger partial charge in [0.1, 0.15) is 11.4 Å². The first kappa shape index (κ1) is 17.6. The summed E-state index contributed by atoms with van der Waals surface area (Å²) in [7, 11) is 0. The zero-order chi connectivity index (χ0) is 18.5. The van der Waals surface area contributed by atoms with E-state index in [9.17, 15) is 0 Å². The van der Waals surface area contributed by atoms with Crippen LogP contribution in [0.25, 0.3) is 22.5 Å². The number of benzene rings is 2. The Bertz CT molecular complexity index is 860. The largest absolute Gasteiger partial charge is 0.337 e. The van der Waals surface area contributed by atoms with E-state index in [1.807, 2.05) is 48.5 Å². The van der Waals surface area contributed by atoms with E-state index < -0.39 is 0 Å². The molecular weight excluding hydrogens is 336 g/mol. The number of nitrogens with zero attached hydrogens (tertiary/aromatic N) is 5. The summed E-state index contributed by atoms with van der Waals surface area (Å²) >= 11 is 0. The van der Waals surface area contributed by atoms with Crippen molar-refractivity contribution in [1.82, 2.24) is 20.1 Å². The number of aromatic nitrogens is 3. The number of nitrogens with two attached hydrogens (primary N) is 1. The predicted molar refractivity (Wildman–Crippen MR) is 108 cm³/mol. The number of piperazine rings is 1. The van der Waals surface area contributed by atoms with Crippen LogP contribution >= 0.6 is 0 Å². The molecule has 1 saturated heterocycles. The van der Waals surface area contributed by atoms with Crippen molar-refractivity contribution in [2.24, 2.45) is 5.73 Å². The van der Waals surface area contributed by atoms with Crippen LogP contribution in [0.5, 0.6) is 0 Å². The Morgan fingerprint density at radius 1 is 0.741 bits per heavy atom. The summed E-state index contributed by atoms with van der Waals surface area (Å²) < 4.78 is 0. The van der Waals surface area contributed by atoms with Gasteiger partial charge in [-0.25, -0.2) is 4.98 Å². The topological polar surface area (TPSA) is 71.2 Å². The smallest absolute Gasteiger partial charge is 0.246 e. The fourth-order valence-corrected chi connectivity index (χ4v) is 3.39. The third-order valence-corrected chi connectivity index (χ3v) is 4.87. The van der Waals surface area contributed by atoms with Gasteiger partial charge < -0.3 is 10.6 Å². The zero-order valence-electron chi connectivity index (χ0n) is 15.3. The number of hydrogen-bond acceptors (Lipinski definition) is 6. The Morgan fingerprint density at radius 2 is 1.33 bits per heavy atom. The first-order valence-electron chi connectivity index (χ1n) is 9.38. The Morgan fingerprint density at radius 3 is 1.93 bits per heavy atom. The standard InChI is InChI=1S/C21H24N6/c22-11-12-26-13-15-27(16-14-26)21-23-19(17-7-3-1-4-8-17)20(24-25-21)18-9-5-2-6-10-18/h1-10H,11-16,22H2. The van der Waals surface area contributed by atoms with Gasteiger partial charge in [0.25, 0.3) is 0 Å². The average molecular weight is 360 g/mol. The summed E-state index contributed by atoms with van der Waals surface area (Å²) in [6.07, 6.45) is 0. The molecule has 0 spiro atoms. The van der Waals surface area contributed by atoms with E-state index in [2.05, 4.69) is 32.1 Å². The SMILES string of the molecule is NCCN1CCN(c2nnc(-c3ccccc3)c(-c3ccccc3)n2)CC1. The van der Waals surface area contributed by atoms with Crippen molar-refractivity contribution in [1.29, 1.82) is 0 Å². The monoisotopic (exact) mass is 360 g/mol. The lowest BCUT2D eigenvalue weighted by Crippen LogP contribution is -2.48. The number of rotatable bonds is 5. The molecule has 1 aliphatic heterocycles. The van der Waals surface area contributed by atoms with E-state index in [1.165, 1.54) is 0 Å². The van der Waals surface area contributed by atoms with Crippen LogP contribution < -0.4 is 10.6 Å².